The summed E-state index contributed by atoms with van der Waals surface area (Å²) in [6, 6.07) is -0.473. The molecule has 6 nitrogen and oxygen atoms in total. The normalized spacial score (nSPS) is 42.5. The summed E-state index contributed by atoms with van der Waals surface area (Å²) < 4.78 is 5.46. The molecule has 1 heterocycles. The first-order chi connectivity index (χ1) is 7.67. The molecule has 5 atom stereocenters. The van der Waals surface area contributed by atoms with Gasteiger partial charge in [0.05, 0.1) is 12.7 Å². The first kappa shape index (κ1) is 11.8. The zero-order valence-electron chi connectivity index (χ0n) is 8.86. The first-order valence-corrected chi connectivity index (χ1v) is 5.48. The quantitative estimate of drug-likeness (QED) is 0.462. The number of aliphatic hydroxyl groups is 4. The van der Waals surface area contributed by atoms with Gasteiger partial charge in [0, 0.05) is 18.9 Å². The third-order valence-corrected chi connectivity index (χ3v) is 3.24. The van der Waals surface area contributed by atoms with Gasteiger partial charge in [-0.25, -0.2) is 4.99 Å². The summed E-state index contributed by atoms with van der Waals surface area (Å²) >= 11 is 0. The van der Waals surface area contributed by atoms with Crippen LogP contribution < -0.4 is 0 Å². The number of rotatable bonds is 3. The van der Waals surface area contributed by atoms with Crippen molar-refractivity contribution in [2.45, 2.75) is 37.2 Å². The summed E-state index contributed by atoms with van der Waals surface area (Å²) in [4.78, 5) is 4.14. The molecule has 0 aromatic rings. The minimum absolute atomic E-state index is 0.0552. The molecule has 1 aliphatic carbocycles. The SMILES string of the molecule is OCCC1=N[C@H]2[C@@H](O)[C@H](O)[C@@H](CO)C[C@H]2O1. The highest BCUT2D eigenvalue weighted by molar-refractivity contribution is 5.78. The lowest BCUT2D eigenvalue weighted by molar-refractivity contribution is -0.0947. The van der Waals surface area contributed by atoms with Crippen LogP contribution in [0.15, 0.2) is 4.99 Å². The van der Waals surface area contributed by atoms with Gasteiger partial charge in [0.2, 0.25) is 0 Å². The minimum Gasteiger partial charge on any atom is -0.475 e. The van der Waals surface area contributed by atoms with Crippen molar-refractivity contribution in [3.05, 3.63) is 0 Å². The van der Waals surface area contributed by atoms with Gasteiger partial charge < -0.3 is 25.2 Å². The smallest absolute Gasteiger partial charge is 0.186 e. The van der Waals surface area contributed by atoms with Crippen LogP contribution in [-0.4, -0.2) is 63.9 Å². The molecule has 2 rings (SSSR count). The molecule has 0 radical (unpaired) electrons. The van der Waals surface area contributed by atoms with Crippen molar-refractivity contribution in [3.63, 3.8) is 0 Å². The molecule has 0 bridgehead atoms. The molecule has 0 amide bonds. The third-order valence-electron chi connectivity index (χ3n) is 3.24. The molecule has 0 aromatic heterocycles. The lowest BCUT2D eigenvalue weighted by atomic mass is 9.80. The van der Waals surface area contributed by atoms with Gasteiger partial charge in [-0.2, -0.15) is 0 Å². The average molecular weight is 231 g/mol. The molecule has 0 spiro atoms. The number of aliphatic imine (C=N–C) groups is 1. The third kappa shape index (κ3) is 1.93. The fraction of sp³-hybridized carbons (Fsp3) is 0.900. The van der Waals surface area contributed by atoms with Crippen LogP contribution in [0.4, 0.5) is 0 Å². The summed E-state index contributed by atoms with van der Waals surface area (Å²) in [7, 11) is 0. The maximum Gasteiger partial charge on any atom is 0.186 e. The maximum absolute atomic E-state index is 9.82. The average Bonchev–Trinajstić information content (AvgIpc) is 2.67. The predicted octanol–water partition coefficient (Wildman–Crippen LogP) is -1.73. The van der Waals surface area contributed by atoms with Crippen molar-refractivity contribution in [2.75, 3.05) is 13.2 Å². The second-order valence-electron chi connectivity index (χ2n) is 4.30. The molecule has 2 aliphatic rings. The van der Waals surface area contributed by atoms with E-state index < -0.39 is 18.2 Å². The van der Waals surface area contributed by atoms with E-state index >= 15 is 0 Å². The maximum atomic E-state index is 9.82. The van der Waals surface area contributed by atoms with E-state index in [4.69, 9.17) is 14.9 Å². The Bertz CT molecular complexity index is 282. The summed E-state index contributed by atoms with van der Waals surface area (Å²) in [5, 5.41) is 37.4. The van der Waals surface area contributed by atoms with E-state index in [1.165, 1.54) is 0 Å². The summed E-state index contributed by atoms with van der Waals surface area (Å²) in [5.74, 6) is 0.0438. The number of hydrogen-bond acceptors (Lipinski definition) is 6. The molecule has 1 aliphatic heterocycles. The highest BCUT2D eigenvalue weighted by atomic mass is 16.5. The first-order valence-electron chi connectivity index (χ1n) is 5.48. The molecule has 0 aromatic carbocycles. The van der Waals surface area contributed by atoms with E-state index in [2.05, 4.69) is 4.99 Å². The van der Waals surface area contributed by atoms with Crippen LogP contribution in [0, 0.1) is 5.92 Å². The van der Waals surface area contributed by atoms with Crippen LogP contribution in [0.2, 0.25) is 0 Å². The zero-order chi connectivity index (χ0) is 11.7. The Morgan fingerprint density at radius 1 is 1.25 bits per heavy atom. The topological polar surface area (TPSA) is 103 Å². The molecule has 1 saturated carbocycles. The fourth-order valence-corrected chi connectivity index (χ4v) is 2.33. The molecule has 92 valence electrons. The Morgan fingerprint density at radius 3 is 2.62 bits per heavy atom. The molecule has 0 saturated heterocycles. The van der Waals surface area contributed by atoms with Gasteiger partial charge in [0.1, 0.15) is 18.2 Å². The molecule has 16 heavy (non-hydrogen) atoms. The molecule has 0 unspecified atom stereocenters. The number of hydrogen-bond donors (Lipinski definition) is 4. The monoisotopic (exact) mass is 231 g/mol. The molecule has 6 heteroatoms. The van der Waals surface area contributed by atoms with Gasteiger partial charge in [-0.05, 0) is 6.42 Å². The van der Waals surface area contributed by atoms with Crippen molar-refractivity contribution < 1.29 is 25.2 Å². The van der Waals surface area contributed by atoms with E-state index in [9.17, 15) is 10.2 Å². The lowest BCUT2D eigenvalue weighted by Crippen LogP contribution is -2.52. The van der Waals surface area contributed by atoms with E-state index in [-0.39, 0.29) is 25.2 Å². The van der Waals surface area contributed by atoms with Gasteiger partial charge >= 0.3 is 0 Å². The number of fused-ring (bicyclic) bond motifs is 1. The van der Waals surface area contributed by atoms with Gasteiger partial charge in [0.15, 0.2) is 5.90 Å². The van der Waals surface area contributed by atoms with Crippen LogP contribution in [0.1, 0.15) is 12.8 Å². The van der Waals surface area contributed by atoms with Crippen molar-refractivity contribution in [1.29, 1.82) is 0 Å². The zero-order valence-corrected chi connectivity index (χ0v) is 8.86. The van der Waals surface area contributed by atoms with E-state index in [0.29, 0.717) is 18.7 Å². The van der Waals surface area contributed by atoms with Crippen molar-refractivity contribution in [2.24, 2.45) is 10.9 Å². The van der Waals surface area contributed by atoms with Crippen LogP contribution in [0.25, 0.3) is 0 Å². The predicted molar refractivity (Wildman–Crippen MR) is 55.0 cm³/mol. The van der Waals surface area contributed by atoms with E-state index in [1.807, 2.05) is 0 Å². The minimum atomic E-state index is -1.01. The van der Waals surface area contributed by atoms with Crippen molar-refractivity contribution in [1.82, 2.24) is 0 Å². The molecular formula is C10H17NO5. The Kier molecular flexibility index (Phi) is 3.44. The van der Waals surface area contributed by atoms with Gasteiger partial charge in [-0.1, -0.05) is 0 Å². The standard InChI is InChI=1S/C10H17NO5/c12-2-1-7-11-8-6(16-7)3-5(4-13)9(14)10(8)15/h5-6,8-10,12-15H,1-4H2/t5-,6-,8-,9-,10-/m1/s1. The number of aliphatic hydroxyl groups excluding tert-OH is 4. The van der Waals surface area contributed by atoms with Crippen molar-refractivity contribution >= 4 is 5.90 Å². The summed E-state index contributed by atoms with van der Waals surface area (Å²) in [6.07, 6.45) is -1.48. The fourth-order valence-electron chi connectivity index (χ4n) is 2.33. The Hall–Kier alpha value is -0.690. The van der Waals surface area contributed by atoms with Crippen LogP contribution >= 0.6 is 0 Å². The van der Waals surface area contributed by atoms with Crippen LogP contribution in [0.5, 0.6) is 0 Å². The summed E-state index contributed by atoms with van der Waals surface area (Å²) in [5.41, 5.74) is 0. The number of nitrogens with zero attached hydrogens (tertiary/aromatic N) is 1. The lowest BCUT2D eigenvalue weighted by Gasteiger charge is -2.36. The molecular weight excluding hydrogens is 214 g/mol. The van der Waals surface area contributed by atoms with Gasteiger partial charge in [-0.15, -0.1) is 0 Å². The Labute approximate surface area is 93.2 Å². The second-order valence-corrected chi connectivity index (χ2v) is 4.30. The van der Waals surface area contributed by atoms with Crippen LogP contribution in [-0.2, 0) is 4.74 Å². The van der Waals surface area contributed by atoms with E-state index in [1.54, 1.807) is 0 Å². The summed E-state index contributed by atoms with van der Waals surface area (Å²) in [6.45, 7) is -0.236. The largest absolute Gasteiger partial charge is 0.475 e. The second kappa shape index (κ2) is 4.67. The van der Waals surface area contributed by atoms with Gasteiger partial charge in [0.25, 0.3) is 0 Å². The molecule has 4 N–H and O–H groups in total. The molecule has 1 fully saturated rings. The highest BCUT2D eigenvalue weighted by Crippen LogP contribution is 2.33. The number of ether oxygens (including phenoxy) is 1. The van der Waals surface area contributed by atoms with Crippen molar-refractivity contribution in [3.8, 4) is 0 Å². The van der Waals surface area contributed by atoms with E-state index in [0.717, 1.165) is 0 Å². The Morgan fingerprint density at radius 2 is 2.00 bits per heavy atom. The Balaban J connectivity index is 2.08. The van der Waals surface area contributed by atoms with Crippen LogP contribution in [0.3, 0.4) is 0 Å². The highest BCUT2D eigenvalue weighted by Gasteiger charge is 2.47. The van der Waals surface area contributed by atoms with Gasteiger partial charge in [-0.3, -0.25) is 0 Å².